The Morgan fingerprint density at radius 3 is 2.71 bits per heavy atom. The monoisotopic (exact) mass is 310 g/mol. The van der Waals surface area contributed by atoms with Gasteiger partial charge in [0.1, 0.15) is 11.5 Å². The summed E-state index contributed by atoms with van der Waals surface area (Å²) in [5.74, 6) is 0.260. The predicted octanol–water partition coefficient (Wildman–Crippen LogP) is 4.08. The molecular weight excluding hydrogens is 297 g/mol. The lowest BCUT2D eigenvalue weighted by molar-refractivity contribution is -0.141. The van der Waals surface area contributed by atoms with Gasteiger partial charge in [0.15, 0.2) is 0 Å². The maximum absolute atomic E-state index is 12.4. The molecule has 0 aliphatic carbocycles. The molecule has 0 radical (unpaired) electrons. The summed E-state index contributed by atoms with van der Waals surface area (Å²) in [6.07, 6.45) is -2.56. The molecule has 17 heavy (non-hydrogen) atoms. The zero-order valence-corrected chi connectivity index (χ0v) is 11.0. The van der Waals surface area contributed by atoms with Crippen LogP contribution in [0.4, 0.5) is 19.0 Å². The molecule has 1 atom stereocenters. The van der Waals surface area contributed by atoms with E-state index in [1.165, 1.54) is 12.1 Å². The number of hydrogen-bond donors (Lipinski definition) is 1. The van der Waals surface area contributed by atoms with Crippen molar-refractivity contribution in [3.8, 4) is 0 Å². The Morgan fingerprint density at radius 2 is 2.12 bits per heavy atom. The first-order valence-corrected chi connectivity index (χ1v) is 6.27. The van der Waals surface area contributed by atoms with Crippen molar-refractivity contribution in [1.82, 2.24) is 4.98 Å². The van der Waals surface area contributed by atoms with Crippen LogP contribution in [-0.2, 0) is 6.18 Å². The van der Waals surface area contributed by atoms with E-state index >= 15 is 0 Å². The summed E-state index contributed by atoms with van der Waals surface area (Å²) < 4.78 is 37.1. The van der Waals surface area contributed by atoms with Crippen molar-refractivity contribution in [2.45, 2.75) is 30.8 Å². The van der Waals surface area contributed by atoms with E-state index < -0.39 is 11.9 Å². The number of pyridine rings is 1. The third-order valence-corrected chi connectivity index (χ3v) is 3.35. The van der Waals surface area contributed by atoms with Crippen molar-refractivity contribution in [3.05, 3.63) is 23.9 Å². The quantitative estimate of drug-likeness (QED) is 0.829. The molecule has 2 nitrogen and oxygen atoms in total. The van der Waals surface area contributed by atoms with Crippen LogP contribution in [0.2, 0.25) is 0 Å². The maximum Gasteiger partial charge on any atom is 0.433 e. The molecule has 0 fully saturated rings. The van der Waals surface area contributed by atoms with Gasteiger partial charge >= 0.3 is 6.18 Å². The van der Waals surface area contributed by atoms with Gasteiger partial charge in [-0.25, -0.2) is 4.98 Å². The van der Waals surface area contributed by atoms with Crippen LogP contribution in [0.3, 0.4) is 0 Å². The second kappa shape index (κ2) is 6.23. The normalized spacial score (nSPS) is 13.5. The van der Waals surface area contributed by atoms with Gasteiger partial charge in [0.05, 0.1) is 0 Å². The Labute approximate surface area is 107 Å². The van der Waals surface area contributed by atoms with Crippen molar-refractivity contribution >= 4 is 21.7 Å². The molecule has 1 unspecified atom stereocenters. The molecule has 1 N–H and O–H groups in total. The van der Waals surface area contributed by atoms with Gasteiger partial charge in [-0.05, 0) is 25.0 Å². The van der Waals surface area contributed by atoms with Gasteiger partial charge in [0.25, 0.3) is 0 Å². The van der Waals surface area contributed by atoms with Crippen LogP contribution in [0.1, 0.15) is 25.5 Å². The number of rotatable bonds is 5. The van der Waals surface area contributed by atoms with Gasteiger partial charge in [0.2, 0.25) is 0 Å². The molecule has 1 rings (SSSR count). The molecule has 96 valence electrons. The topological polar surface area (TPSA) is 24.9 Å². The number of alkyl halides is 4. The minimum Gasteiger partial charge on any atom is -0.370 e. The molecule has 6 heteroatoms. The smallest absolute Gasteiger partial charge is 0.370 e. The second-order valence-corrected chi connectivity index (χ2v) is 4.92. The lowest BCUT2D eigenvalue weighted by atomic mass is 10.2. The Hall–Kier alpha value is -0.780. The molecule has 0 saturated heterocycles. The van der Waals surface area contributed by atoms with E-state index in [4.69, 9.17) is 0 Å². The number of aromatic nitrogens is 1. The van der Waals surface area contributed by atoms with E-state index in [0.29, 0.717) is 11.4 Å². The summed E-state index contributed by atoms with van der Waals surface area (Å²) in [5.41, 5.74) is -0.867. The summed E-state index contributed by atoms with van der Waals surface area (Å²) in [5, 5.41) is 2.88. The summed E-state index contributed by atoms with van der Waals surface area (Å²) in [4.78, 5) is 3.89. The molecule has 1 aromatic heterocycles. The Bertz CT molecular complexity index is 355. The van der Waals surface area contributed by atoms with Gasteiger partial charge in [-0.2, -0.15) is 13.2 Å². The fourth-order valence-corrected chi connectivity index (χ4v) is 1.48. The third-order valence-electron chi connectivity index (χ3n) is 2.25. The molecule has 0 bridgehead atoms. The number of nitrogens with zero attached hydrogens (tertiary/aromatic N) is 1. The Kier molecular flexibility index (Phi) is 5.24. The molecule has 0 amide bonds. The summed E-state index contributed by atoms with van der Waals surface area (Å²) in [6.45, 7) is 2.64. The van der Waals surface area contributed by atoms with E-state index in [1.807, 2.05) is 6.92 Å². The third kappa shape index (κ3) is 4.93. The van der Waals surface area contributed by atoms with Crippen LogP contribution >= 0.6 is 15.9 Å². The van der Waals surface area contributed by atoms with Gasteiger partial charge in [0, 0.05) is 11.4 Å². The molecule has 1 heterocycles. The van der Waals surface area contributed by atoms with Crippen LogP contribution in [0, 0.1) is 0 Å². The van der Waals surface area contributed by atoms with E-state index in [9.17, 15) is 13.2 Å². The van der Waals surface area contributed by atoms with Gasteiger partial charge in [-0.3, -0.25) is 0 Å². The first kappa shape index (κ1) is 14.3. The summed E-state index contributed by atoms with van der Waals surface area (Å²) >= 11 is 3.46. The fourth-order valence-electron chi connectivity index (χ4n) is 1.25. The molecular formula is C11H14BrF3N2. The summed E-state index contributed by atoms with van der Waals surface area (Å²) in [6, 6.07) is 3.85. The zero-order chi connectivity index (χ0) is 12.9. The van der Waals surface area contributed by atoms with Crippen LogP contribution in [-0.4, -0.2) is 16.4 Å². The first-order valence-electron chi connectivity index (χ1n) is 5.35. The molecule has 0 aliphatic rings. The highest BCUT2D eigenvalue weighted by Gasteiger charge is 2.32. The molecule has 1 aromatic rings. The van der Waals surface area contributed by atoms with E-state index in [0.717, 1.165) is 18.9 Å². The fraction of sp³-hybridized carbons (Fsp3) is 0.545. The average Bonchev–Trinajstić information content (AvgIpc) is 2.28. The number of halogens is 4. The predicted molar refractivity (Wildman–Crippen MR) is 65.4 cm³/mol. The molecule has 0 spiro atoms. The minimum atomic E-state index is -4.39. The number of hydrogen-bond acceptors (Lipinski definition) is 2. The second-order valence-electron chi connectivity index (χ2n) is 3.63. The minimum absolute atomic E-state index is 0.260. The first-order chi connectivity index (χ1) is 7.93. The number of nitrogens with one attached hydrogen (secondary N) is 1. The van der Waals surface area contributed by atoms with E-state index in [-0.39, 0.29) is 5.82 Å². The van der Waals surface area contributed by atoms with E-state index in [1.54, 1.807) is 0 Å². The highest BCUT2D eigenvalue weighted by molar-refractivity contribution is 9.09. The lowest BCUT2D eigenvalue weighted by Gasteiger charge is -2.10. The Morgan fingerprint density at radius 1 is 1.41 bits per heavy atom. The highest BCUT2D eigenvalue weighted by Crippen LogP contribution is 2.28. The molecule has 0 aromatic carbocycles. The van der Waals surface area contributed by atoms with Crippen LogP contribution < -0.4 is 5.32 Å². The van der Waals surface area contributed by atoms with Crippen molar-refractivity contribution in [2.24, 2.45) is 0 Å². The van der Waals surface area contributed by atoms with Crippen LogP contribution in [0.25, 0.3) is 0 Å². The average molecular weight is 311 g/mol. The van der Waals surface area contributed by atoms with Crippen LogP contribution in [0.15, 0.2) is 18.2 Å². The van der Waals surface area contributed by atoms with Gasteiger partial charge < -0.3 is 5.32 Å². The molecule has 0 saturated carbocycles. The molecule has 0 aliphatic heterocycles. The van der Waals surface area contributed by atoms with Crippen molar-refractivity contribution in [3.63, 3.8) is 0 Å². The van der Waals surface area contributed by atoms with Crippen molar-refractivity contribution in [1.29, 1.82) is 0 Å². The van der Waals surface area contributed by atoms with Crippen molar-refractivity contribution < 1.29 is 13.2 Å². The van der Waals surface area contributed by atoms with Crippen molar-refractivity contribution in [2.75, 3.05) is 11.9 Å². The van der Waals surface area contributed by atoms with Gasteiger partial charge in [-0.15, -0.1) is 0 Å². The standard InChI is InChI=1S/C11H14BrF3N2/c1-2-8(12)6-7-16-10-5-3-4-9(17-10)11(13,14)15/h3-5,8H,2,6-7H2,1H3,(H,16,17). The summed E-state index contributed by atoms with van der Waals surface area (Å²) in [7, 11) is 0. The van der Waals surface area contributed by atoms with Gasteiger partial charge in [-0.1, -0.05) is 28.9 Å². The maximum atomic E-state index is 12.4. The lowest BCUT2D eigenvalue weighted by Crippen LogP contribution is -2.12. The highest BCUT2D eigenvalue weighted by atomic mass is 79.9. The van der Waals surface area contributed by atoms with Crippen LogP contribution in [0.5, 0.6) is 0 Å². The largest absolute Gasteiger partial charge is 0.433 e. The Balaban J connectivity index is 2.55. The van der Waals surface area contributed by atoms with E-state index in [2.05, 4.69) is 26.2 Å². The number of anilines is 1. The SMILES string of the molecule is CCC(Br)CCNc1cccc(C(F)(F)F)n1. The zero-order valence-electron chi connectivity index (χ0n) is 9.39.